The van der Waals surface area contributed by atoms with Crippen LogP contribution in [0.3, 0.4) is 0 Å². The third-order valence-corrected chi connectivity index (χ3v) is 6.41. The van der Waals surface area contributed by atoms with Crippen LogP contribution >= 0.6 is 11.8 Å². The second-order valence-electron chi connectivity index (χ2n) is 7.51. The summed E-state index contributed by atoms with van der Waals surface area (Å²) in [6.07, 6.45) is 7.20. The van der Waals surface area contributed by atoms with Gasteiger partial charge in [-0.25, -0.2) is 4.79 Å². The summed E-state index contributed by atoms with van der Waals surface area (Å²) in [4.78, 5) is 39.5. The lowest BCUT2D eigenvalue weighted by molar-refractivity contribution is -0.129. The molecule has 1 aliphatic carbocycles. The summed E-state index contributed by atoms with van der Waals surface area (Å²) in [5.74, 6) is -0.0915. The van der Waals surface area contributed by atoms with E-state index in [1.807, 2.05) is 18.0 Å². The van der Waals surface area contributed by atoms with Gasteiger partial charge in [0.2, 0.25) is 5.91 Å². The van der Waals surface area contributed by atoms with Crippen molar-refractivity contribution in [3.05, 3.63) is 54.0 Å². The summed E-state index contributed by atoms with van der Waals surface area (Å²) in [6, 6.07) is 10.7. The van der Waals surface area contributed by atoms with E-state index in [1.165, 1.54) is 37.3 Å². The predicted molar refractivity (Wildman–Crippen MR) is 118 cm³/mol. The van der Waals surface area contributed by atoms with E-state index in [0.29, 0.717) is 22.3 Å². The first kappa shape index (κ1) is 22.9. The molecule has 0 radical (unpaired) electrons. The number of esters is 1. The van der Waals surface area contributed by atoms with Crippen LogP contribution in [0, 0.1) is 0 Å². The van der Waals surface area contributed by atoms with Crippen LogP contribution in [0.5, 0.6) is 0 Å². The molecule has 0 aliphatic heterocycles. The van der Waals surface area contributed by atoms with Gasteiger partial charge in [-0.3, -0.25) is 9.59 Å². The third kappa shape index (κ3) is 6.89. The molecule has 1 aliphatic rings. The molecule has 166 valence electrons. The average Bonchev–Trinajstić information content (AvgIpc) is 3.33. The fraction of sp³-hybridized carbons (Fsp3) is 0.435. The highest BCUT2D eigenvalue weighted by molar-refractivity contribution is 8.00. The van der Waals surface area contributed by atoms with Gasteiger partial charge in [0.05, 0.1) is 24.1 Å². The van der Waals surface area contributed by atoms with Crippen molar-refractivity contribution >= 4 is 29.5 Å². The molecule has 1 N–H and O–H groups in total. The Hall–Kier alpha value is -2.74. The second-order valence-corrected chi connectivity index (χ2v) is 8.53. The molecule has 0 unspecified atom stereocenters. The summed E-state index contributed by atoms with van der Waals surface area (Å²) in [6.45, 7) is -0.158. The van der Waals surface area contributed by atoms with Crippen LogP contribution in [0.4, 0.5) is 0 Å². The minimum Gasteiger partial charge on any atom is -0.467 e. The van der Waals surface area contributed by atoms with Crippen molar-refractivity contribution < 1.29 is 23.5 Å². The molecule has 0 bridgehead atoms. The number of rotatable bonds is 9. The maximum Gasteiger partial charge on any atom is 0.339 e. The normalized spacial score (nSPS) is 14.1. The van der Waals surface area contributed by atoms with Crippen molar-refractivity contribution in [3.8, 4) is 0 Å². The average molecular weight is 445 g/mol. The van der Waals surface area contributed by atoms with Gasteiger partial charge in [0.25, 0.3) is 5.91 Å². The number of furan rings is 1. The minimum absolute atomic E-state index is 0.0531. The maximum atomic E-state index is 12.6. The van der Waals surface area contributed by atoms with Gasteiger partial charge in [-0.1, -0.05) is 31.4 Å². The van der Waals surface area contributed by atoms with Crippen LogP contribution in [-0.2, 0) is 20.9 Å². The first-order valence-electron chi connectivity index (χ1n) is 10.5. The molecular formula is C23H28N2O5S. The highest BCUT2D eigenvalue weighted by Crippen LogP contribution is 2.26. The van der Waals surface area contributed by atoms with Crippen LogP contribution in [0.25, 0.3) is 0 Å². The third-order valence-electron chi connectivity index (χ3n) is 5.35. The molecule has 0 spiro atoms. The molecule has 1 heterocycles. The van der Waals surface area contributed by atoms with E-state index in [2.05, 4.69) is 5.32 Å². The Morgan fingerprint density at radius 2 is 1.90 bits per heavy atom. The quantitative estimate of drug-likeness (QED) is 0.469. The Labute approximate surface area is 186 Å². The fourth-order valence-electron chi connectivity index (χ4n) is 3.53. The van der Waals surface area contributed by atoms with Gasteiger partial charge in [-0.15, -0.1) is 11.8 Å². The lowest BCUT2D eigenvalue weighted by Crippen LogP contribution is -2.39. The number of ether oxygens (including phenoxy) is 1. The van der Waals surface area contributed by atoms with E-state index in [0.717, 1.165) is 12.8 Å². The van der Waals surface area contributed by atoms with Crippen molar-refractivity contribution in [1.82, 2.24) is 10.2 Å². The first-order valence-corrected chi connectivity index (χ1v) is 11.5. The Balaban J connectivity index is 1.48. The smallest absolute Gasteiger partial charge is 0.339 e. The summed E-state index contributed by atoms with van der Waals surface area (Å²) in [7, 11) is 1.86. The van der Waals surface area contributed by atoms with Crippen LogP contribution < -0.4 is 5.32 Å². The van der Waals surface area contributed by atoms with Crippen molar-refractivity contribution in [2.45, 2.75) is 49.6 Å². The molecule has 2 amide bonds. The Kier molecular flexibility index (Phi) is 8.58. The van der Waals surface area contributed by atoms with E-state index in [-0.39, 0.29) is 24.8 Å². The minimum atomic E-state index is -0.593. The van der Waals surface area contributed by atoms with Crippen molar-refractivity contribution in [2.75, 3.05) is 19.4 Å². The molecule has 0 saturated heterocycles. The molecule has 31 heavy (non-hydrogen) atoms. The molecular weight excluding hydrogens is 416 g/mol. The number of benzene rings is 1. The number of carbonyl (C=O) groups is 3. The zero-order chi connectivity index (χ0) is 22.1. The number of amides is 2. The van der Waals surface area contributed by atoms with Gasteiger partial charge in [0.1, 0.15) is 5.76 Å². The SMILES string of the molecule is CN(C(=O)CSc1ccccc1C(=O)OCC(=O)NCc1ccco1)C1CCCCC1. The van der Waals surface area contributed by atoms with Gasteiger partial charge in [-0.2, -0.15) is 0 Å². The number of nitrogens with one attached hydrogen (secondary N) is 1. The van der Waals surface area contributed by atoms with Crippen LogP contribution in [0.1, 0.15) is 48.2 Å². The highest BCUT2D eigenvalue weighted by atomic mass is 32.2. The zero-order valence-electron chi connectivity index (χ0n) is 17.7. The lowest BCUT2D eigenvalue weighted by Gasteiger charge is -2.31. The van der Waals surface area contributed by atoms with Crippen LogP contribution in [-0.4, -0.2) is 48.1 Å². The standard InChI is InChI=1S/C23H28N2O5S/c1-25(17-8-3-2-4-9-17)22(27)16-31-20-12-6-5-11-19(20)23(28)30-15-21(26)24-14-18-10-7-13-29-18/h5-7,10-13,17H,2-4,8-9,14-16H2,1H3,(H,24,26). The molecule has 7 nitrogen and oxygen atoms in total. The van der Waals surface area contributed by atoms with Gasteiger partial charge < -0.3 is 19.4 Å². The van der Waals surface area contributed by atoms with Gasteiger partial charge >= 0.3 is 5.97 Å². The number of thioether (sulfide) groups is 1. The second kappa shape index (κ2) is 11.6. The summed E-state index contributed by atoms with van der Waals surface area (Å²) in [5.41, 5.74) is 0.347. The number of carbonyl (C=O) groups excluding carboxylic acids is 3. The highest BCUT2D eigenvalue weighted by Gasteiger charge is 2.23. The van der Waals surface area contributed by atoms with E-state index < -0.39 is 11.9 Å². The van der Waals surface area contributed by atoms with Crippen LogP contribution in [0.15, 0.2) is 52.0 Å². The number of nitrogens with zero attached hydrogens (tertiary/aromatic N) is 1. The van der Waals surface area contributed by atoms with E-state index in [1.54, 1.807) is 30.3 Å². The Morgan fingerprint density at radius 1 is 1.13 bits per heavy atom. The lowest BCUT2D eigenvalue weighted by atomic mass is 9.94. The largest absolute Gasteiger partial charge is 0.467 e. The monoisotopic (exact) mass is 444 g/mol. The fourth-order valence-corrected chi connectivity index (χ4v) is 4.50. The zero-order valence-corrected chi connectivity index (χ0v) is 18.5. The molecule has 2 aromatic rings. The predicted octanol–water partition coefficient (Wildman–Crippen LogP) is 3.64. The molecule has 1 aromatic carbocycles. The molecule has 1 saturated carbocycles. The number of hydrogen-bond acceptors (Lipinski definition) is 6. The molecule has 0 atom stereocenters. The Morgan fingerprint density at radius 3 is 2.65 bits per heavy atom. The van der Waals surface area contributed by atoms with Gasteiger partial charge in [-0.05, 0) is 37.1 Å². The van der Waals surface area contributed by atoms with Crippen molar-refractivity contribution in [3.63, 3.8) is 0 Å². The van der Waals surface area contributed by atoms with E-state index in [9.17, 15) is 14.4 Å². The number of hydrogen-bond donors (Lipinski definition) is 1. The Bertz CT molecular complexity index is 878. The van der Waals surface area contributed by atoms with Gasteiger partial charge in [0.15, 0.2) is 6.61 Å². The molecule has 8 heteroatoms. The van der Waals surface area contributed by atoms with Gasteiger partial charge in [0, 0.05) is 18.0 Å². The summed E-state index contributed by atoms with van der Waals surface area (Å²) < 4.78 is 10.3. The topological polar surface area (TPSA) is 88.8 Å². The van der Waals surface area contributed by atoms with Crippen molar-refractivity contribution in [1.29, 1.82) is 0 Å². The van der Waals surface area contributed by atoms with Crippen molar-refractivity contribution in [2.24, 2.45) is 0 Å². The summed E-state index contributed by atoms with van der Waals surface area (Å²) >= 11 is 1.31. The van der Waals surface area contributed by atoms with E-state index in [4.69, 9.17) is 9.15 Å². The molecule has 1 fully saturated rings. The maximum absolute atomic E-state index is 12.6. The summed E-state index contributed by atoms with van der Waals surface area (Å²) in [5, 5.41) is 2.62. The molecule has 1 aromatic heterocycles. The first-order chi connectivity index (χ1) is 15.0. The van der Waals surface area contributed by atoms with E-state index >= 15 is 0 Å². The molecule has 3 rings (SSSR count). The van der Waals surface area contributed by atoms with Crippen LogP contribution in [0.2, 0.25) is 0 Å².